The van der Waals surface area contributed by atoms with Gasteiger partial charge in [-0.1, -0.05) is 72.8 Å². The monoisotopic (exact) mass is 636 g/mol. The van der Waals surface area contributed by atoms with Crippen LogP contribution in [0.1, 0.15) is 4.11 Å². The summed E-state index contributed by atoms with van der Waals surface area (Å²) < 4.78 is 35.4. The second-order valence-electron chi connectivity index (χ2n) is 12.4. The minimum absolute atomic E-state index is 0.214. The van der Waals surface area contributed by atoms with E-state index in [0.29, 0.717) is 17.2 Å². The third kappa shape index (κ3) is 4.31. The molecule has 0 saturated heterocycles. The molecule has 0 spiro atoms. The molecule has 6 nitrogen and oxygen atoms in total. The third-order valence-electron chi connectivity index (χ3n) is 9.54. The van der Waals surface area contributed by atoms with Crippen LogP contribution in [0.15, 0.2) is 158 Å². The lowest BCUT2D eigenvalue weighted by molar-refractivity contribution is 0.483. The first-order valence-electron chi connectivity index (χ1n) is 17.8. The molecule has 6 heteroatoms. The summed E-state index contributed by atoms with van der Waals surface area (Å²) in [6.45, 7) is -2.05. The third-order valence-corrected chi connectivity index (χ3v) is 9.54. The van der Waals surface area contributed by atoms with Gasteiger partial charge in [0.25, 0.3) is 0 Å². The lowest BCUT2D eigenvalue weighted by atomic mass is 10.1. The molecule has 234 valence electrons. The summed E-state index contributed by atoms with van der Waals surface area (Å²) in [6.07, 6.45) is 1.99. The fraction of sp³-hybridized carbons (Fsp3) is 0.0465. The van der Waals surface area contributed by atoms with Crippen molar-refractivity contribution in [3.63, 3.8) is 0 Å². The van der Waals surface area contributed by atoms with Crippen molar-refractivity contribution in [1.82, 2.24) is 14.1 Å². The molecule has 0 saturated carbocycles. The normalized spacial score (nSPS) is 14.0. The van der Waals surface area contributed by atoms with Crippen LogP contribution in [-0.4, -0.2) is 27.8 Å². The number of nitrogens with zero attached hydrogens (tertiary/aromatic N) is 5. The number of fused-ring (bicyclic) bond motifs is 7. The number of ether oxygens (including phenoxy) is 1. The first kappa shape index (κ1) is 24.6. The Morgan fingerprint density at radius 1 is 0.531 bits per heavy atom. The number of hydrogen-bond acceptors (Lipinski definition) is 4. The van der Waals surface area contributed by atoms with Gasteiger partial charge in [-0.15, -0.1) is 0 Å². The molecule has 0 N–H and O–H groups in total. The number of aromatic nitrogens is 3. The van der Waals surface area contributed by atoms with E-state index in [-0.39, 0.29) is 6.67 Å². The topological polar surface area (TPSA) is 38.5 Å². The van der Waals surface area contributed by atoms with Crippen LogP contribution in [0.25, 0.3) is 55.1 Å². The highest BCUT2D eigenvalue weighted by molar-refractivity contribution is 6.11. The number of anilines is 3. The summed E-state index contributed by atoms with van der Waals surface area (Å²) in [7, 11) is 0. The quantitative estimate of drug-likeness (QED) is 0.188. The maximum absolute atomic E-state index is 8.10. The molecule has 9 aromatic rings. The van der Waals surface area contributed by atoms with Crippen molar-refractivity contribution in [1.29, 1.82) is 0 Å². The average Bonchev–Trinajstić information content (AvgIpc) is 3.83. The Bertz CT molecular complexity index is 2820. The van der Waals surface area contributed by atoms with Gasteiger partial charge in [-0.25, -0.2) is 4.98 Å². The molecular weight excluding hydrogens is 603 g/mol. The Morgan fingerprint density at radius 3 is 2.02 bits per heavy atom. The first-order valence-corrected chi connectivity index (χ1v) is 16.3. The van der Waals surface area contributed by atoms with Gasteiger partial charge in [-0.05, 0) is 60.7 Å². The highest BCUT2D eigenvalue weighted by atomic mass is 16.5. The molecule has 0 aliphatic carbocycles. The molecule has 0 atom stereocenters. The van der Waals surface area contributed by atoms with E-state index in [4.69, 9.17) is 13.8 Å². The summed E-state index contributed by atoms with van der Waals surface area (Å²) in [4.78, 5) is 8.54. The van der Waals surface area contributed by atoms with E-state index in [1.54, 1.807) is 0 Å². The van der Waals surface area contributed by atoms with Gasteiger partial charge in [0.05, 0.1) is 40.1 Å². The van der Waals surface area contributed by atoms with Crippen LogP contribution >= 0.6 is 0 Å². The molecule has 0 fully saturated rings. The molecule has 10 rings (SSSR count). The summed E-state index contributed by atoms with van der Waals surface area (Å²) >= 11 is 0. The van der Waals surface area contributed by atoms with Crippen LogP contribution in [-0.2, 0) is 0 Å². The molecule has 0 unspecified atom stereocenters. The van der Waals surface area contributed by atoms with Gasteiger partial charge >= 0.3 is 0 Å². The van der Waals surface area contributed by atoms with Crippen LogP contribution in [0.2, 0.25) is 0 Å². The summed E-state index contributed by atoms with van der Waals surface area (Å²) in [5, 5.41) is 4.48. The van der Waals surface area contributed by atoms with Gasteiger partial charge in [-0.3, -0.25) is 4.57 Å². The highest BCUT2D eigenvalue weighted by Gasteiger charge is 2.24. The fourth-order valence-corrected chi connectivity index (χ4v) is 7.38. The van der Waals surface area contributed by atoms with E-state index in [0.717, 1.165) is 66.5 Å². The first-order chi connectivity index (χ1) is 25.4. The maximum Gasteiger partial charge on any atom is 0.139 e. The summed E-state index contributed by atoms with van der Waals surface area (Å²) in [5.41, 5.74) is 7.70. The number of benzene rings is 6. The molecule has 4 heterocycles. The second-order valence-corrected chi connectivity index (χ2v) is 12.4. The number of para-hydroxylation sites is 5. The van der Waals surface area contributed by atoms with E-state index in [1.165, 1.54) is 4.90 Å². The molecule has 49 heavy (non-hydrogen) atoms. The second kappa shape index (κ2) is 10.8. The van der Waals surface area contributed by atoms with Crippen LogP contribution in [0.3, 0.4) is 0 Å². The SMILES string of the molecule is [2H]C([2H])([2H])N1CN(c2cccc(Oc3ccc4c5ccccc5n(-c5cc6c(cn5)c5ccccc5n6-c5ccccc5)c4c3)c2)c2ccccc21. The fourth-order valence-electron chi connectivity index (χ4n) is 7.38. The van der Waals surface area contributed by atoms with E-state index in [2.05, 4.69) is 100 Å². The number of pyridine rings is 1. The minimum Gasteiger partial charge on any atom is -0.457 e. The molecule has 1 aliphatic heterocycles. The van der Waals surface area contributed by atoms with E-state index < -0.39 is 6.98 Å². The lowest BCUT2D eigenvalue weighted by Crippen LogP contribution is -2.23. The van der Waals surface area contributed by atoms with Crippen LogP contribution in [0, 0.1) is 0 Å². The van der Waals surface area contributed by atoms with Gasteiger partial charge in [0.1, 0.15) is 17.3 Å². The lowest BCUT2D eigenvalue weighted by Gasteiger charge is -2.20. The Kier molecular flexibility index (Phi) is 5.40. The van der Waals surface area contributed by atoms with Crippen molar-refractivity contribution in [2.75, 3.05) is 23.4 Å². The molecule has 0 amide bonds. The smallest absolute Gasteiger partial charge is 0.139 e. The summed E-state index contributed by atoms with van der Waals surface area (Å²) in [6, 6.07) is 51.1. The summed E-state index contributed by atoms with van der Waals surface area (Å²) in [5.74, 6) is 2.14. The van der Waals surface area contributed by atoms with Gasteiger partial charge in [0, 0.05) is 68.4 Å². The van der Waals surface area contributed by atoms with Crippen LogP contribution in [0.5, 0.6) is 11.5 Å². The average molecular weight is 637 g/mol. The molecule has 6 aromatic carbocycles. The number of rotatable bonds is 5. The minimum atomic E-state index is -2.26. The zero-order valence-electron chi connectivity index (χ0n) is 29.4. The van der Waals surface area contributed by atoms with Crippen molar-refractivity contribution in [2.45, 2.75) is 0 Å². The maximum atomic E-state index is 8.10. The Morgan fingerprint density at radius 2 is 1.18 bits per heavy atom. The van der Waals surface area contributed by atoms with Gasteiger partial charge in [0.15, 0.2) is 0 Å². The molecule has 0 bridgehead atoms. The highest BCUT2D eigenvalue weighted by Crippen LogP contribution is 2.41. The molecule has 0 radical (unpaired) electrons. The van der Waals surface area contributed by atoms with Crippen molar-refractivity contribution < 1.29 is 8.85 Å². The van der Waals surface area contributed by atoms with Gasteiger partial charge in [0.2, 0.25) is 0 Å². The Labute approximate surface area is 287 Å². The Balaban J connectivity index is 1.08. The number of hydrogen-bond donors (Lipinski definition) is 0. The van der Waals surface area contributed by atoms with Crippen molar-refractivity contribution in [3.8, 4) is 23.0 Å². The van der Waals surface area contributed by atoms with Crippen LogP contribution < -0.4 is 14.5 Å². The molecular formula is C43H31N5O. The van der Waals surface area contributed by atoms with Crippen molar-refractivity contribution in [2.24, 2.45) is 0 Å². The largest absolute Gasteiger partial charge is 0.457 e. The Hall–Kier alpha value is -6.53. The van der Waals surface area contributed by atoms with Gasteiger partial charge in [-0.2, -0.15) is 0 Å². The van der Waals surface area contributed by atoms with Gasteiger partial charge < -0.3 is 19.1 Å². The molecule has 3 aromatic heterocycles. The zero-order valence-corrected chi connectivity index (χ0v) is 26.4. The standard InChI is InChI=1S/C43H31N5O/c1-45-28-46(40-21-10-9-20-39(40)45)30-14-11-15-31(24-30)49-32-22-23-35-33-16-5-8-19-38(33)48(41(35)25-32)43-26-42-36(27-44-43)34-17-6-7-18-37(34)47(42)29-12-3-2-4-13-29/h2-27H,28H2,1H3/i1D3. The van der Waals surface area contributed by atoms with E-state index in [9.17, 15) is 0 Å². The zero-order chi connectivity index (χ0) is 35.0. The van der Waals surface area contributed by atoms with Crippen molar-refractivity contribution in [3.05, 3.63) is 158 Å². The molecule has 1 aliphatic rings. The van der Waals surface area contributed by atoms with E-state index >= 15 is 0 Å². The predicted molar refractivity (Wildman–Crippen MR) is 201 cm³/mol. The van der Waals surface area contributed by atoms with E-state index in [1.807, 2.05) is 71.8 Å². The van der Waals surface area contributed by atoms with Crippen molar-refractivity contribution >= 4 is 60.7 Å². The predicted octanol–water partition coefficient (Wildman–Crippen LogP) is 10.6. The van der Waals surface area contributed by atoms with Crippen LogP contribution in [0.4, 0.5) is 17.1 Å².